The van der Waals surface area contributed by atoms with E-state index < -0.39 is 0 Å². The average Bonchev–Trinajstić information content (AvgIpc) is 3.09. The van der Waals surface area contributed by atoms with Gasteiger partial charge in [0.15, 0.2) is 0 Å². The fraction of sp³-hybridized carbons (Fsp3) is 0.217. The van der Waals surface area contributed by atoms with E-state index in [2.05, 4.69) is 66.6 Å². The first kappa shape index (κ1) is 17.0. The number of hydrogen-bond donors (Lipinski definition) is 0. The van der Waals surface area contributed by atoms with Crippen LogP contribution in [0.1, 0.15) is 16.7 Å². The van der Waals surface area contributed by atoms with E-state index in [0.29, 0.717) is 6.61 Å². The Morgan fingerprint density at radius 2 is 1.77 bits per heavy atom. The van der Waals surface area contributed by atoms with Gasteiger partial charge in [0.1, 0.15) is 12.4 Å². The molecule has 2 nitrogen and oxygen atoms in total. The Labute approximate surface area is 159 Å². The van der Waals surface area contributed by atoms with Crippen LogP contribution < -0.4 is 9.64 Å². The molecule has 0 aromatic heterocycles. The van der Waals surface area contributed by atoms with Crippen molar-refractivity contribution in [3.8, 4) is 5.75 Å². The molecule has 3 aromatic rings. The van der Waals surface area contributed by atoms with Crippen molar-refractivity contribution in [3.05, 3.63) is 83.4 Å². The van der Waals surface area contributed by atoms with Crippen LogP contribution in [0.5, 0.6) is 5.75 Å². The second-order valence-corrected chi connectivity index (χ2v) is 7.50. The lowest BCUT2D eigenvalue weighted by Gasteiger charge is -2.21. The molecule has 1 aliphatic rings. The van der Waals surface area contributed by atoms with Crippen molar-refractivity contribution in [3.63, 3.8) is 0 Å². The minimum absolute atomic E-state index is 0.600. The third-order valence-corrected chi connectivity index (χ3v) is 5.64. The third-order valence-electron chi connectivity index (χ3n) is 4.89. The van der Waals surface area contributed by atoms with Crippen molar-refractivity contribution in [2.45, 2.75) is 24.8 Å². The van der Waals surface area contributed by atoms with Gasteiger partial charge < -0.3 is 9.64 Å². The van der Waals surface area contributed by atoms with Crippen LogP contribution >= 0.6 is 11.8 Å². The molecule has 4 rings (SSSR count). The summed E-state index contributed by atoms with van der Waals surface area (Å²) in [4.78, 5) is 3.69. The van der Waals surface area contributed by atoms with E-state index in [1.54, 1.807) is 11.8 Å². The molecule has 0 radical (unpaired) electrons. The number of hydrogen-bond acceptors (Lipinski definition) is 3. The molecule has 0 amide bonds. The number of fused-ring (bicyclic) bond motifs is 1. The highest BCUT2D eigenvalue weighted by molar-refractivity contribution is 7.98. The van der Waals surface area contributed by atoms with Crippen LogP contribution in [0.15, 0.2) is 71.6 Å². The van der Waals surface area contributed by atoms with Crippen LogP contribution in [0, 0.1) is 6.92 Å². The maximum absolute atomic E-state index is 6.14. The second-order valence-electron chi connectivity index (χ2n) is 6.62. The highest BCUT2D eigenvalue weighted by Crippen LogP contribution is 2.39. The Kier molecular flexibility index (Phi) is 4.89. The summed E-state index contributed by atoms with van der Waals surface area (Å²) in [6.45, 7) is 3.76. The average molecular weight is 362 g/mol. The number of nitrogens with zero attached hydrogens (tertiary/aromatic N) is 1. The molecule has 0 N–H and O–H groups in total. The zero-order valence-corrected chi connectivity index (χ0v) is 16.1. The minimum Gasteiger partial charge on any atom is -0.489 e. The predicted molar refractivity (Wildman–Crippen MR) is 111 cm³/mol. The van der Waals surface area contributed by atoms with Crippen molar-refractivity contribution in [2.75, 3.05) is 17.7 Å². The van der Waals surface area contributed by atoms with E-state index >= 15 is 0 Å². The van der Waals surface area contributed by atoms with E-state index in [1.807, 2.05) is 18.2 Å². The van der Waals surface area contributed by atoms with Crippen molar-refractivity contribution in [1.82, 2.24) is 0 Å². The van der Waals surface area contributed by atoms with Gasteiger partial charge in [-0.1, -0.05) is 36.4 Å². The smallest absolute Gasteiger partial charge is 0.124 e. The highest BCUT2D eigenvalue weighted by Gasteiger charge is 2.22. The minimum atomic E-state index is 0.600. The van der Waals surface area contributed by atoms with Crippen molar-refractivity contribution in [1.29, 1.82) is 0 Å². The first-order valence-corrected chi connectivity index (χ1v) is 10.2. The SMILES string of the molecule is CSc1ccc(N2CCc3cc(C)c(OCc4ccccc4)cc32)cc1. The van der Waals surface area contributed by atoms with Gasteiger partial charge >= 0.3 is 0 Å². The zero-order valence-electron chi connectivity index (χ0n) is 15.2. The Bertz CT molecular complexity index is 890. The largest absolute Gasteiger partial charge is 0.489 e. The van der Waals surface area contributed by atoms with Crippen LogP contribution in [-0.4, -0.2) is 12.8 Å². The molecule has 1 heterocycles. The summed E-state index contributed by atoms with van der Waals surface area (Å²) in [5, 5.41) is 0. The topological polar surface area (TPSA) is 12.5 Å². The maximum Gasteiger partial charge on any atom is 0.124 e. The number of aryl methyl sites for hydroxylation is 1. The van der Waals surface area contributed by atoms with Crippen LogP contribution in [0.3, 0.4) is 0 Å². The van der Waals surface area contributed by atoms with E-state index in [4.69, 9.17) is 4.74 Å². The fourth-order valence-corrected chi connectivity index (χ4v) is 3.87. The summed E-state index contributed by atoms with van der Waals surface area (Å²) in [6, 6.07) is 23.6. The Morgan fingerprint density at radius 1 is 1.00 bits per heavy atom. The van der Waals surface area contributed by atoms with E-state index in [1.165, 1.54) is 33.0 Å². The fourth-order valence-electron chi connectivity index (χ4n) is 3.46. The highest BCUT2D eigenvalue weighted by atomic mass is 32.2. The molecule has 0 fully saturated rings. The number of ether oxygens (including phenoxy) is 1. The molecule has 0 unspecified atom stereocenters. The van der Waals surface area contributed by atoms with Gasteiger partial charge in [-0.25, -0.2) is 0 Å². The predicted octanol–water partition coefficient (Wildman–Crippen LogP) is 5.99. The Morgan fingerprint density at radius 3 is 2.50 bits per heavy atom. The van der Waals surface area contributed by atoms with Gasteiger partial charge in [0, 0.05) is 28.9 Å². The van der Waals surface area contributed by atoms with E-state index in [9.17, 15) is 0 Å². The Hall–Kier alpha value is -2.39. The van der Waals surface area contributed by atoms with Crippen molar-refractivity contribution < 1.29 is 4.74 Å². The standard InChI is InChI=1S/C23H23NOS/c1-17-14-19-12-13-24(20-8-10-21(26-2)11-9-20)22(19)15-23(17)25-16-18-6-4-3-5-7-18/h3-11,14-15H,12-13,16H2,1-2H3. The Balaban J connectivity index is 1.59. The van der Waals surface area contributed by atoms with Crippen LogP contribution in [0.2, 0.25) is 0 Å². The zero-order chi connectivity index (χ0) is 17.9. The third kappa shape index (κ3) is 3.45. The van der Waals surface area contributed by atoms with Gasteiger partial charge in [-0.3, -0.25) is 0 Å². The molecule has 0 spiro atoms. The van der Waals surface area contributed by atoms with E-state index in [-0.39, 0.29) is 0 Å². The molecule has 132 valence electrons. The van der Waals surface area contributed by atoms with Gasteiger partial charge in [-0.05, 0) is 60.6 Å². The van der Waals surface area contributed by atoms with Crippen LogP contribution in [0.25, 0.3) is 0 Å². The molecule has 0 bridgehead atoms. The summed E-state index contributed by atoms with van der Waals surface area (Å²) < 4.78 is 6.14. The van der Waals surface area contributed by atoms with Gasteiger partial charge in [-0.2, -0.15) is 0 Å². The molecule has 3 heteroatoms. The molecule has 26 heavy (non-hydrogen) atoms. The molecule has 0 aliphatic carbocycles. The lowest BCUT2D eigenvalue weighted by atomic mass is 10.1. The summed E-state index contributed by atoms with van der Waals surface area (Å²) in [7, 11) is 0. The molecule has 0 atom stereocenters. The number of rotatable bonds is 5. The number of benzene rings is 3. The monoisotopic (exact) mass is 361 g/mol. The van der Waals surface area contributed by atoms with E-state index in [0.717, 1.165) is 18.7 Å². The van der Waals surface area contributed by atoms with Gasteiger partial charge in [0.2, 0.25) is 0 Å². The normalized spacial score (nSPS) is 12.9. The lowest BCUT2D eigenvalue weighted by molar-refractivity contribution is 0.304. The van der Waals surface area contributed by atoms with Gasteiger partial charge in [0.05, 0.1) is 0 Å². The van der Waals surface area contributed by atoms with Crippen LogP contribution in [-0.2, 0) is 13.0 Å². The molecule has 1 aliphatic heterocycles. The summed E-state index contributed by atoms with van der Waals surface area (Å²) in [5.74, 6) is 0.972. The number of anilines is 2. The molecular formula is C23H23NOS. The lowest BCUT2D eigenvalue weighted by Crippen LogP contribution is -2.13. The van der Waals surface area contributed by atoms with Crippen molar-refractivity contribution >= 4 is 23.1 Å². The first-order valence-electron chi connectivity index (χ1n) is 8.96. The molecule has 3 aromatic carbocycles. The maximum atomic E-state index is 6.14. The van der Waals surface area contributed by atoms with Crippen LogP contribution in [0.4, 0.5) is 11.4 Å². The molecule has 0 saturated carbocycles. The van der Waals surface area contributed by atoms with Crippen molar-refractivity contribution in [2.24, 2.45) is 0 Å². The summed E-state index contributed by atoms with van der Waals surface area (Å²) in [6.07, 6.45) is 3.19. The molecule has 0 saturated heterocycles. The summed E-state index contributed by atoms with van der Waals surface area (Å²) in [5.41, 5.74) is 6.33. The van der Waals surface area contributed by atoms with Gasteiger partial charge in [0.25, 0.3) is 0 Å². The molecular weight excluding hydrogens is 338 g/mol. The number of thioether (sulfide) groups is 1. The second kappa shape index (κ2) is 7.46. The first-order chi connectivity index (χ1) is 12.7. The van der Waals surface area contributed by atoms with Gasteiger partial charge in [-0.15, -0.1) is 11.8 Å². The quantitative estimate of drug-likeness (QED) is 0.518. The summed E-state index contributed by atoms with van der Waals surface area (Å²) >= 11 is 1.78.